The molecule has 3 heteroatoms. The standard InChI is InChI=1S/C17H20BrNO/c1-13(2)19-11-15-8-9-17(16(18)10-15)20-12-14-6-4-3-5-7-14/h3-10,13,19H,11-12H2,1-2H3. The largest absolute Gasteiger partial charge is 0.488 e. The Hall–Kier alpha value is -1.32. The molecule has 0 radical (unpaired) electrons. The van der Waals surface area contributed by atoms with E-state index in [1.54, 1.807) is 0 Å². The Bertz CT molecular complexity index is 540. The molecule has 0 aliphatic rings. The zero-order valence-electron chi connectivity index (χ0n) is 11.9. The minimum absolute atomic E-state index is 0.489. The highest BCUT2D eigenvalue weighted by molar-refractivity contribution is 9.10. The van der Waals surface area contributed by atoms with Crippen molar-refractivity contribution in [1.82, 2.24) is 5.32 Å². The molecule has 0 aliphatic heterocycles. The third-order valence-corrected chi connectivity index (χ3v) is 3.57. The van der Waals surface area contributed by atoms with Crippen LogP contribution >= 0.6 is 15.9 Å². The Kier molecular flexibility index (Phi) is 5.62. The zero-order valence-corrected chi connectivity index (χ0v) is 13.5. The van der Waals surface area contributed by atoms with Crippen LogP contribution in [-0.4, -0.2) is 6.04 Å². The predicted molar refractivity (Wildman–Crippen MR) is 86.9 cm³/mol. The van der Waals surface area contributed by atoms with Crippen molar-refractivity contribution < 1.29 is 4.74 Å². The molecule has 0 fully saturated rings. The molecule has 0 atom stereocenters. The van der Waals surface area contributed by atoms with Crippen LogP contribution in [-0.2, 0) is 13.2 Å². The highest BCUT2D eigenvalue weighted by Crippen LogP contribution is 2.26. The molecule has 2 rings (SSSR count). The molecule has 2 aromatic rings. The Morgan fingerprint density at radius 1 is 1.05 bits per heavy atom. The second-order valence-electron chi connectivity index (χ2n) is 5.07. The molecule has 0 heterocycles. The fraction of sp³-hybridized carbons (Fsp3) is 0.294. The van der Waals surface area contributed by atoms with Gasteiger partial charge in [-0.3, -0.25) is 0 Å². The Morgan fingerprint density at radius 2 is 1.80 bits per heavy atom. The van der Waals surface area contributed by atoms with Gasteiger partial charge in [-0.05, 0) is 39.2 Å². The van der Waals surface area contributed by atoms with Gasteiger partial charge in [0, 0.05) is 12.6 Å². The van der Waals surface area contributed by atoms with Crippen molar-refractivity contribution in [3.8, 4) is 5.75 Å². The molecule has 106 valence electrons. The van der Waals surface area contributed by atoms with Crippen molar-refractivity contribution in [2.45, 2.75) is 33.0 Å². The van der Waals surface area contributed by atoms with Crippen molar-refractivity contribution in [3.05, 3.63) is 64.1 Å². The van der Waals surface area contributed by atoms with Crippen molar-refractivity contribution in [2.24, 2.45) is 0 Å². The highest BCUT2D eigenvalue weighted by Gasteiger charge is 2.04. The van der Waals surface area contributed by atoms with Gasteiger partial charge in [-0.1, -0.05) is 50.2 Å². The van der Waals surface area contributed by atoms with Crippen LogP contribution in [0.15, 0.2) is 53.0 Å². The summed E-state index contributed by atoms with van der Waals surface area (Å²) in [5.74, 6) is 0.877. The molecular formula is C17H20BrNO. The van der Waals surface area contributed by atoms with E-state index in [0.717, 1.165) is 16.8 Å². The van der Waals surface area contributed by atoms with Gasteiger partial charge < -0.3 is 10.1 Å². The summed E-state index contributed by atoms with van der Waals surface area (Å²) in [5.41, 5.74) is 2.42. The van der Waals surface area contributed by atoms with Crippen molar-refractivity contribution in [1.29, 1.82) is 0 Å². The van der Waals surface area contributed by atoms with Gasteiger partial charge in [0.15, 0.2) is 0 Å². The van der Waals surface area contributed by atoms with Gasteiger partial charge in [0.25, 0.3) is 0 Å². The van der Waals surface area contributed by atoms with E-state index in [4.69, 9.17) is 4.74 Å². The number of hydrogen-bond acceptors (Lipinski definition) is 2. The number of benzene rings is 2. The normalized spacial score (nSPS) is 10.8. The predicted octanol–water partition coefficient (Wildman–Crippen LogP) is 4.53. The molecule has 1 N–H and O–H groups in total. The van der Waals surface area contributed by atoms with E-state index in [1.807, 2.05) is 24.3 Å². The molecule has 0 aromatic heterocycles. The lowest BCUT2D eigenvalue weighted by atomic mass is 10.2. The van der Waals surface area contributed by atoms with E-state index in [9.17, 15) is 0 Å². The number of ether oxygens (including phenoxy) is 1. The Morgan fingerprint density at radius 3 is 2.45 bits per heavy atom. The summed E-state index contributed by atoms with van der Waals surface area (Å²) >= 11 is 3.57. The molecule has 0 bridgehead atoms. The molecule has 0 spiro atoms. The van der Waals surface area contributed by atoms with E-state index in [1.165, 1.54) is 11.1 Å². The zero-order chi connectivity index (χ0) is 14.4. The monoisotopic (exact) mass is 333 g/mol. The Balaban J connectivity index is 1.95. The summed E-state index contributed by atoms with van der Waals surface area (Å²) in [6.45, 7) is 5.75. The van der Waals surface area contributed by atoms with Gasteiger partial charge in [-0.2, -0.15) is 0 Å². The quantitative estimate of drug-likeness (QED) is 0.838. The van der Waals surface area contributed by atoms with Crippen LogP contribution in [0.1, 0.15) is 25.0 Å². The molecule has 0 saturated carbocycles. The lowest BCUT2D eigenvalue weighted by Gasteiger charge is -2.11. The summed E-state index contributed by atoms with van der Waals surface area (Å²) < 4.78 is 6.83. The maximum atomic E-state index is 5.84. The maximum absolute atomic E-state index is 5.84. The SMILES string of the molecule is CC(C)NCc1ccc(OCc2ccccc2)c(Br)c1. The van der Waals surface area contributed by atoms with Crippen LogP contribution in [0.2, 0.25) is 0 Å². The topological polar surface area (TPSA) is 21.3 Å². The first-order chi connectivity index (χ1) is 9.65. The molecule has 0 aliphatic carbocycles. The number of halogens is 1. The molecule has 0 amide bonds. The van der Waals surface area contributed by atoms with Crippen LogP contribution in [0, 0.1) is 0 Å². The summed E-state index contributed by atoms with van der Waals surface area (Å²) in [6.07, 6.45) is 0. The van der Waals surface area contributed by atoms with Crippen LogP contribution in [0.4, 0.5) is 0 Å². The molecule has 0 saturated heterocycles. The van der Waals surface area contributed by atoms with E-state index < -0.39 is 0 Å². The first-order valence-corrected chi connectivity index (χ1v) is 7.63. The van der Waals surface area contributed by atoms with Gasteiger partial charge in [-0.25, -0.2) is 0 Å². The van der Waals surface area contributed by atoms with Crippen molar-refractivity contribution in [2.75, 3.05) is 0 Å². The molecule has 20 heavy (non-hydrogen) atoms. The van der Waals surface area contributed by atoms with Gasteiger partial charge >= 0.3 is 0 Å². The summed E-state index contributed by atoms with van der Waals surface area (Å²) in [6, 6.07) is 16.9. The average molecular weight is 334 g/mol. The van der Waals surface area contributed by atoms with Gasteiger partial charge in [-0.15, -0.1) is 0 Å². The first-order valence-electron chi connectivity index (χ1n) is 6.83. The van der Waals surface area contributed by atoms with E-state index >= 15 is 0 Å². The molecular weight excluding hydrogens is 314 g/mol. The second kappa shape index (κ2) is 7.46. The Labute approximate surface area is 129 Å². The van der Waals surface area contributed by atoms with Gasteiger partial charge in [0.1, 0.15) is 12.4 Å². The third-order valence-electron chi connectivity index (χ3n) is 2.95. The first kappa shape index (κ1) is 15.1. The fourth-order valence-corrected chi connectivity index (χ4v) is 2.37. The van der Waals surface area contributed by atoms with Gasteiger partial charge in [0.2, 0.25) is 0 Å². The number of nitrogens with one attached hydrogen (secondary N) is 1. The fourth-order valence-electron chi connectivity index (χ4n) is 1.83. The molecule has 2 nitrogen and oxygen atoms in total. The van der Waals surface area contributed by atoms with Gasteiger partial charge in [0.05, 0.1) is 4.47 Å². The summed E-state index contributed by atoms with van der Waals surface area (Å²) in [7, 11) is 0. The van der Waals surface area contributed by atoms with Crippen molar-refractivity contribution >= 4 is 15.9 Å². The number of hydrogen-bond donors (Lipinski definition) is 1. The lowest BCUT2D eigenvalue weighted by molar-refractivity contribution is 0.304. The minimum Gasteiger partial charge on any atom is -0.488 e. The highest BCUT2D eigenvalue weighted by atomic mass is 79.9. The second-order valence-corrected chi connectivity index (χ2v) is 5.93. The maximum Gasteiger partial charge on any atom is 0.134 e. The van der Waals surface area contributed by atoms with Crippen LogP contribution in [0.3, 0.4) is 0 Å². The summed E-state index contributed by atoms with van der Waals surface area (Å²) in [4.78, 5) is 0. The van der Waals surface area contributed by atoms with E-state index in [0.29, 0.717) is 12.6 Å². The third kappa shape index (κ3) is 4.66. The van der Waals surface area contributed by atoms with Crippen LogP contribution in [0.25, 0.3) is 0 Å². The van der Waals surface area contributed by atoms with Crippen LogP contribution < -0.4 is 10.1 Å². The molecule has 2 aromatic carbocycles. The summed E-state index contributed by atoms with van der Waals surface area (Å²) in [5, 5.41) is 3.40. The van der Waals surface area contributed by atoms with E-state index in [2.05, 4.69) is 59.4 Å². The smallest absolute Gasteiger partial charge is 0.134 e. The lowest BCUT2D eigenvalue weighted by Crippen LogP contribution is -2.21. The minimum atomic E-state index is 0.489. The average Bonchev–Trinajstić information content (AvgIpc) is 2.45. The number of rotatable bonds is 6. The van der Waals surface area contributed by atoms with Crippen molar-refractivity contribution in [3.63, 3.8) is 0 Å². The van der Waals surface area contributed by atoms with E-state index in [-0.39, 0.29) is 0 Å². The van der Waals surface area contributed by atoms with Crippen LogP contribution in [0.5, 0.6) is 5.75 Å². The molecule has 0 unspecified atom stereocenters.